The molecule has 0 spiro atoms. The number of benzene rings is 1. The highest BCUT2D eigenvalue weighted by atomic mass is 32.2. The van der Waals surface area contributed by atoms with Gasteiger partial charge in [0.05, 0.1) is 26.0 Å². The summed E-state index contributed by atoms with van der Waals surface area (Å²) >= 11 is 0. The van der Waals surface area contributed by atoms with Gasteiger partial charge in [0.15, 0.2) is 5.82 Å². The zero-order valence-corrected chi connectivity index (χ0v) is 15.4. The molecule has 0 radical (unpaired) electrons. The van der Waals surface area contributed by atoms with Crippen LogP contribution in [-0.4, -0.2) is 49.0 Å². The summed E-state index contributed by atoms with van der Waals surface area (Å²) in [7, 11) is -2.29. The zero-order chi connectivity index (χ0) is 18.7. The van der Waals surface area contributed by atoms with Gasteiger partial charge in [-0.05, 0) is 37.5 Å². The first kappa shape index (κ1) is 18.5. The third kappa shape index (κ3) is 3.94. The smallest absolute Gasteiger partial charge is 0.316 e. The molecular formula is C17H20FN3O4S. The van der Waals surface area contributed by atoms with Crippen LogP contribution in [0.5, 0.6) is 11.8 Å². The van der Waals surface area contributed by atoms with Gasteiger partial charge in [0.25, 0.3) is 0 Å². The van der Waals surface area contributed by atoms with E-state index >= 15 is 0 Å². The van der Waals surface area contributed by atoms with E-state index in [1.165, 1.54) is 11.4 Å². The molecule has 0 amide bonds. The molecule has 2 aromatic rings. The van der Waals surface area contributed by atoms with E-state index in [4.69, 9.17) is 9.47 Å². The molecule has 2 heterocycles. The molecule has 0 bridgehead atoms. The van der Waals surface area contributed by atoms with Gasteiger partial charge in [-0.25, -0.2) is 22.8 Å². The first-order chi connectivity index (χ1) is 12.4. The predicted octanol–water partition coefficient (Wildman–Crippen LogP) is 2.16. The molecule has 1 aromatic heterocycles. The number of ether oxygens (including phenoxy) is 2. The maximum atomic E-state index is 13.1. The lowest BCUT2D eigenvalue weighted by atomic mass is 10.1. The normalized spacial score (nSPS) is 18.5. The SMILES string of the molecule is COc1ccc(C)cc1S(=O)(=O)N1CCCC(Oc2ncc(F)cn2)C1. The van der Waals surface area contributed by atoms with E-state index in [9.17, 15) is 12.8 Å². The van der Waals surface area contributed by atoms with Crippen molar-refractivity contribution < 1.29 is 22.3 Å². The van der Waals surface area contributed by atoms with Crippen molar-refractivity contribution in [1.82, 2.24) is 14.3 Å². The highest BCUT2D eigenvalue weighted by Crippen LogP contribution is 2.30. The summed E-state index contributed by atoms with van der Waals surface area (Å²) in [5.41, 5.74) is 0.828. The Bertz CT molecular complexity index is 874. The zero-order valence-electron chi connectivity index (χ0n) is 14.6. The molecule has 0 aliphatic carbocycles. The van der Waals surface area contributed by atoms with Crippen molar-refractivity contribution in [3.63, 3.8) is 0 Å². The van der Waals surface area contributed by atoms with Gasteiger partial charge in [0, 0.05) is 6.54 Å². The number of aryl methyl sites for hydroxylation is 1. The van der Waals surface area contributed by atoms with Crippen molar-refractivity contribution in [1.29, 1.82) is 0 Å². The summed E-state index contributed by atoms with van der Waals surface area (Å²) in [5, 5.41) is 0. The fraction of sp³-hybridized carbons (Fsp3) is 0.412. The van der Waals surface area contributed by atoms with Crippen LogP contribution in [0.4, 0.5) is 4.39 Å². The van der Waals surface area contributed by atoms with Gasteiger partial charge in [0.2, 0.25) is 10.0 Å². The second-order valence-electron chi connectivity index (χ2n) is 6.08. The molecule has 1 atom stereocenters. The second-order valence-corrected chi connectivity index (χ2v) is 7.99. The molecule has 7 nitrogen and oxygen atoms in total. The molecule has 0 N–H and O–H groups in total. The molecule has 3 rings (SSSR count). The Morgan fingerprint density at radius 3 is 2.69 bits per heavy atom. The van der Waals surface area contributed by atoms with Gasteiger partial charge in [-0.2, -0.15) is 4.31 Å². The van der Waals surface area contributed by atoms with E-state index in [-0.39, 0.29) is 17.5 Å². The van der Waals surface area contributed by atoms with Crippen LogP contribution in [0.25, 0.3) is 0 Å². The van der Waals surface area contributed by atoms with E-state index in [2.05, 4.69) is 9.97 Å². The lowest BCUT2D eigenvalue weighted by Gasteiger charge is -2.31. The maximum absolute atomic E-state index is 13.1. The number of hydrogen-bond donors (Lipinski definition) is 0. The van der Waals surface area contributed by atoms with Crippen LogP contribution in [-0.2, 0) is 10.0 Å². The molecule has 1 aliphatic heterocycles. The molecule has 1 aromatic carbocycles. The van der Waals surface area contributed by atoms with Crippen molar-refractivity contribution in [2.45, 2.75) is 30.8 Å². The summed E-state index contributed by atoms with van der Waals surface area (Å²) in [6, 6.07) is 5.07. The van der Waals surface area contributed by atoms with Crippen molar-refractivity contribution in [3.05, 3.63) is 42.0 Å². The van der Waals surface area contributed by atoms with Gasteiger partial charge in [-0.1, -0.05) is 6.07 Å². The van der Waals surface area contributed by atoms with E-state index in [0.717, 1.165) is 18.0 Å². The lowest BCUT2D eigenvalue weighted by molar-refractivity contribution is 0.118. The average Bonchev–Trinajstić information content (AvgIpc) is 2.64. The first-order valence-electron chi connectivity index (χ1n) is 8.19. The summed E-state index contributed by atoms with van der Waals surface area (Å²) in [6.45, 7) is 2.39. The lowest BCUT2D eigenvalue weighted by Crippen LogP contribution is -2.44. The van der Waals surface area contributed by atoms with Crippen molar-refractivity contribution in [2.24, 2.45) is 0 Å². The standard InChI is InChI=1S/C17H20FN3O4S/c1-12-5-6-15(24-2)16(8-12)26(22,23)21-7-3-4-14(11-21)25-17-19-9-13(18)10-20-17/h5-6,8-10,14H,3-4,7,11H2,1-2H3. The quantitative estimate of drug-likeness (QED) is 0.790. The second kappa shape index (κ2) is 7.55. The van der Waals surface area contributed by atoms with Crippen LogP contribution in [0.3, 0.4) is 0 Å². The number of nitrogens with zero attached hydrogens (tertiary/aromatic N) is 3. The monoisotopic (exact) mass is 381 g/mol. The minimum atomic E-state index is -3.73. The Kier molecular flexibility index (Phi) is 5.38. The molecule has 1 unspecified atom stereocenters. The molecule has 1 aliphatic rings. The summed E-state index contributed by atoms with van der Waals surface area (Å²) in [4.78, 5) is 7.66. The van der Waals surface area contributed by atoms with Gasteiger partial charge in [0.1, 0.15) is 16.7 Å². The number of aromatic nitrogens is 2. The van der Waals surface area contributed by atoms with Crippen LogP contribution >= 0.6 is 0 Å². The van der Waals surface area contributed by atoms with Crippen LogP contribution in [0.2, 0.25) is 0 Å². The number of hydrogen-bond acceptors (Lipinski definition) is 6. The molecule has 0 saturated carbocycles. The Hall–Kier alpha value is -2.26. The van der Waals surface area contributed by atoms with Crippen LogP contribution in [0.15, 0.2) is 35.5 Å². The van der Waals surface area contributed by atoms with Gasteiger partial charge >= 0.3 is 6.01 Å². The molecule has 140 valence electrons. The number of halogens is 1. The molecule has 1 saturated heterocycles. The van der Waals surface area contributed by atoms with Gasteiger partial charge < -0.3 is 9.47 Å². The van der Waals surface area contributed by atoms with Gasteiger partial charge in [-0.3, -0.25) is 0 Å². The minimum absolute atomic E-state index is 0.0313. The van der Waals surface area contributed by atoms with E-state index < -0.39 is 21.9 Å². The van der Waals surface area contributed by atoms with Crippen LogP contribution < -0.4 is 9.47 Å². The van der Waals surface area contributed by atoms with Crippen LogP contribution in [0, 0.1) is 12.7 Å². The maximum Gasteiger partial charge on any atom is 0.316 e. The molecule has 26 heavy (non-hydrogen) atoms. The fourth-order valence-corrected chi connectivity index (χ4v) is 4.61. The summed E-state index contributed by atoms with van der Waals surface area (Å²) < 4.78 is 51.3. The van der Waals surface area contributed by atoms with Gasteiger partial charge in [-0.15, -0.1) is 0 Å². The third-order valence-corrected chi connectivity index (χ3v) is 6.03. The van der Waals surface area contributed by atoms with Crippen LogP contribution in [0.1, 0.15) is 18.4 Å². The summed E-state index contributed by atoms with van der Waals surface area (Å²) in [6.07, 6.45) is 2.92. The highest BCUT2D eigenvalue weighted by Gasteiger charge is 2.33. The van der Waals surface area contributed by atoms with E-state index in [0.29, 0.717) is 25.1 Å². The summed E-state index contributed by atoms with van der Waals surface area (Å²) in [5.74, 6) is -0.253. The third-order valence-electron chi connectivity index (χ3n) is 4.15. The number of piperidine rings is 1. The first-order valence-corrected chi connectivity index (χ1v) is 9.63. The number of methoxy groups -OCH3 is 1. The Labute approximate surface area is 151 Å². The fourth-order valence-electron chi connectivity index (χ4n) is 2.85. The van der Waals surface area contributed by atoms with Crippen molar-refractivity contribution in [2.75, 3.05) is 20.2 Å². The predicted molar refractivity (Wildman–Crippen MR) is 92.1 cm³/mol. The van der Waals surface area contributed by atoms with E-state index in [1.54, 1.807) is 18.2 Å². The Morgan fingerprint density at radius 1 is 1.27 bits per heavy atom. The van der Waals surface area contributed by atoms with Crippen molar-refractivity contribution >= 4 is 10.0 Å². The molecule has 1 fully saturated rings. The van der Waals surface area contributed by atoms with E-state index in [1.807, 2.05) is 6.92 Å². The largest absolute Gasteiger partial charge is 0.495 e. The Morgan fingerprint density at radius 2 is 2.00 bits per heavy atom. The minimum Gasteiger partial charge on any atom is -0.495 e. The number of rotatable bonds is 5. The Balaban J connectivity index is 1.80. The van der Waals surface area contributed by atoms with Crippen molar-refractivity contribution in [3.8, 4) is 11.8 Å². The molecule has 9 heteroatoms. The highest BCUT2D eigenvalue weighted by molar-refractivity contribution is 7.89. The number of sulfonamides is 1. The average molecular weight is 381 g/mol. The molecular weight excluding hydrogens is 361 g/mol. The topological polar surface area (TPSA) is 81.6 Å².